The predicted octanol–water partition coefficient (Wildman–Crippen LogP) is 5.81. The third-order valence-electron chi connectivity index (χ3n) is 3.95. The number of allylic oxidation sites excluding steroid dienone is 2. The van der Waals surface area contributed by atoms with E-state index in [2.05, 4.69) is 24.2 Å². The molecule has 1 nitrogen and oxygen atoms in total. The van der Waals surface area contributed by atoms with Crippen molar-refractivity contribution in [2.45, 2.75) is 12.8 Å². The molecular formula is C20H18FN. The average molecular weight is 291 g/mol. The van der Waals surface area contributed by atoms with Gasteiger partial charge in [-0.1, -0.05) is 49.6 Å². The molecule has 0 aliphatic carbocycles. The lowest BCUT2D eigenvalue weighted by atomic mass is 9.96. The van der Waals surface area contributed by atoms with Gasteiger partial charge in [0.15, 0.2) is 0 Å². The normalized spacial score (nSPS) is 10.8. The molecule has 3 aromatic rings. The van der Waals surface area contributed by atoms with E-state index in [9.17, 15) is 4.39 Å². The summed E-state index contributed by atoms with van der Waals surface area (Å²) in [5, 5.41) is 1.17. The van der Waals surface area contributed by atoms with Crippen molar-refractivity contribution in [3.63, 3.8) is 0 Å². The van der Waals surface area contributed by atoms with Gasteiger partial charge in [0.05, 0.1) is 0 Å². The first kappa shape index (κ1) is 14.3. The zero-order valence-electron chi connectivity index (χ0n) is 12.4. The highest BCUT2D eigenvalue weighted by Gasteiger charge is 2.09. The van der Waals surface area contributed by atoms with Gasteiger partial charge in [0.25, 0.3) is 0 Å². The van der Waals surface area contributed by atoms with Crippen LogP contribution in [0.5, 0.6) is 0 Å². The summed E-state index contributed by atoms with van der Waals surface area (Å²) >= 11 is 0. The molecule has 22 heavy (non-hydrogen) atoms. The molecule has 3 rings (SSSR count). The first-order valence-corrected chi connectivity index (χ1v) is 7.34. The van der Waals surface area contributed by atoms with Gasteiger partial charge < -0.3 is 4.98 Å². The summed E-state index contributed by atoms with van der Waals surface area (Å²) in [5.41, 5.74) is 4.66. The first-order chi connectivity index (χ1) is 10.7. The molecule has 0 saturated carbocycles. The van der Waals surface area contributed by atoms with Gasteiger partial charge in [-0.25, -0.2) is 4.39 Å². The van der Waals surface area contributed by atoms with Gasteiger partial charge in [-0.2, -0.15) is 0 Å². The van der Waals surface area contributed by atoms with Crippen molar-refractivity contribution in [2.24, 2.45) is 0 Å². The Morgan fingerprint density at radius 1 is 0.864 bits per heavy atom. The molecule has 2 aromatic carbocycles. The summed E-state index contributed by atoms with van der Waals surface area (Å²) < 4.78 is 13.8. The fourth-order valence-electron chi connectivity index (χ4n) is 2.68. The van der Waals surface area contributed by atoms with Crippen LogP contribution in [0.3, 0.4) is 0 Å². The Morgan fingerprint density at radius 3 is 2.27 bits per heavy atom. The Kier molecular flexibility index (Phi) is 3.92. The van der Waals surface area contributed by atoms with E-state index >= 15 is 0 Å². The van der Waals surface area contributed by atoms with Crippen LogP contribution in [-0.4, -0.2) is 4.98 Å². The molecule has 0 saturated heterocycles. The molecule has 0 atom stereocenters. The number of hydrogen-bond donors (Lipinski definition) is 1. The van der Waals surface area contributed by atoms with E-state index in [1.54, 1.807) is 12.1 Å². The van der Waals surface area contributed by atoms with Gasteiger partial charge in [-0.15, -0.1) is 0 Å². The van der Waals surface area contributed by atoms with Gasteiger partial charge >= 0.3 is 0 Å². The van der Waals surface area contributed by atoms with Gasteiger partial charge in [0.2, 0.25) is 0 Å². The molecule has 0 radical (unpaired) electrons. The number of benzene rings is 2. The second-order valence-electron chi connectivity index (χ2n) is 5.43. The summed E-state index contributed by atoms with van der Waals surface area (Å²) in [6.07, 6.45) is 3.44. The van der Waals surface area contributed by atoms with E-state index in [0.29, 0.717) is 12.0 Å². The van der Waals surface area contributed by atoms with Crippen molar-refractivity contribution < 1.29 is 4.39 Å². The fourth-order valence-corrected chi connectivity index (χ4v) is 2.68. The topological polar surface area (TPSA) is 15.8 Å². The van der Waals surface area contributed by atoms with Crippen LogP contribution in [0.15, 0.2) is 67.9 Å². The molecule has 110 valence electrons. The van der Waals surface area contributed by atoms with Crippen molar-refractivity contribution in [3.8, 4) is 0 Å². The molecule has 0 amide bonds. The maximum Gasteiger partial charge on any atom is 0.130 e. The predicted molar refractivity (Wildman–Crippen MR) is 92.0 cm³/mol. The molecule has 0 bridgehead atoms. The summed E-state index contributed by atoms with van der Waals surface area (Å²) in [6.45, 7) is 8.19. The maximum atomic E-state index is 13.8. The largest absolute Gasteiger partial charge is 0.361 e. The van der Waals surface area contributed by atoms with Gasteiger partial charge in [0.1, 0.15) is 5.82 Å². The van der Waals surface area contributed by atoms with E-state index in [1.807, 2.05) is 30.5 Å². The zero-order chi connectivity index (χ0) is 15.5. The van der Waals surface area contributed by atoms with Crippen LogP contribution in [0.2, 0.25) is 0 Å². The quantitative estimate of drug-likeness (QED) is 0.610. The number of aromatic nitrogens is 1. The molecular weight excluding hydrogens is 273 g/mol. The van der Waals surface area contributed by atoms with Crippen LogP contribution < -0.4 is 0 Å². The third-order valence-corrected chi connectivity index (χ3v) is 3.95. The lowest BCUT2D eigenvalue weighted by molar-refractivity contribution is 0.623. The van der Waals surface area contributed by atoms with Crippen molar-refractivity contribution in [2.75, 3.05) is 0 Å². The number of aromatic amines is 1. The highest BCUT2D eigenvalue weighted by molar-refractivity contribution is 5.92. The van der Waals surface area contributed by atoms with Crippen LogP contribution in [0, 0.1) is 5.82 Å². The number of nitrogens with one attached hydrogen (secondary N) is 1. The third kappa shape index (κ3) is 2.73. The lowest BCUT2D eigenvalue weighted by Crippen LogP contribution is -1.90. The SMILES string of the molecule is C=C(CCC(=C)c1c[nH]c2ccccc12)c1ccccc1F. The molecule has 2 heteroatoms. The Balaban J connectivity index is 1.73. The number of halogens is 1. The molecule has 0 aliphatic heterocycles. The highest BCUT2D eigenvalue weighted by Crippen LogP contribution is 2.29. The minimum Gasteiger partial charge on any atom is -0.361 e. The summed E-state index contributed by atoms with van der Waals surface area (Å²) in [7, 11) is 0. The van der Waals surface area contributed by atoms with E-state index in [1.165, 1.54) is 11.5 Å². The molecule has 0 spiro atoms. The highest BCUT2D eigenvalue weighted by atomic mass is 19.1. The monoisotopic (exact) mass is 291 g/mol. The second kappa shape index (κ2) is 6.02. The second-order valence-corrected chi connectivity index (χ2v) is 5.43. The van der Waals surface area contributed by atoms with E-state index in [4.69, 9.17) is 0 Å². The summed E-state index contributed by atoms with van der Waals surface area (Å²) in [4.78, 5) is 3.25. The molecule has 1 heterocycles. The molecule has 0 aliphatic rings. The van der Waals surface area contributed by atoms with Gasteiger partial charge in [-0.05, 0) is 36.1 Å². The standard InChI is InChI=1S/C20H18FN/c1-14(16-7-3-5-9-19(16)21)11-12-15(2)18-13-22-20-10-6-4-8-17(18)20/h3-10,13,22H,1-2,11-12H2. The van der Waals surface area contributed by atoms with Gasteiger partial charge in [0, 0.05) is 28.2 Å². The van der Waals surface area contributed by atoms with Crippen LogP contribution in [0.4, 0.5) is 4.39 Å². The van der Waals surface area contributed by atoms with Crippen LogP contribution in [0.1, 0.15) is 24.0 Å². The van der Waals surface area contributed by atoms with E-state index < -0.39 is 0 Å². The van der Waals surface area contributed by atoms with Crippen LogP contribution in [0.25, 0.3) is 22.0 Å². The maximum absolute atomic E-state index is 13.8. The molecule has 0 fully saturated rings. The van der Waals surface area contributed by atoms with Crippen molar-refractivity contribution in [3.05, 3.63) is 84.8 Å². The van der Waals surface area contributed by atoms with E-state index in [-0.39, 0.29) is 5.82 Å². The van der Waals surface area contributed by atoms with Crippen LogP contribution >= 0.6 is 0 Å². The smallest absolute Gasteiger partial charge is 0.130 e. The molecule has 1 aromatic heterocycles. The number of hydrogen-bond acceptors (Lipinski definition) is 0. The zero-order valence-corrected chi connectivity index (χ0v) is 12.4. The van der Waals surface area contributed by atoms with Crippen molar-refractivity contribution in [1.29, 1.82) is 0 Å². The Labute approximate surface area is 129 Å². The Hall–Kier alpha value is -2.61. The lowest BCUT2D eigenvalue weighted by Gasteiger charge is -2.09. The van der Waals surface area contributed by atoms with Crippen molar-refractivity contribution >= 4 is 22.0 Å². The minimum atomic E-state index is -0.217. The number of para-hydroxylation sites is 1. The van der Waals surface area contributed by atoms with Crippen LogP contribution in [-0.2, 0) is 0 Å². The Bertz CT molecular complexity index is 842. The fraction of sp³-hybridized carbons (Fsp3) is 0.100. The summed E-state index contributed by atoms with van der Waals surface area (Å²) in [6, 6.07) is 14.9. The number of H-pyrrole nitrogens is 1. The number of fused-ring (bicyclic) bond motifs is 1. The Morgan fingerprint density at radius 2 is 1.50 bits per heavy atom. The summed E-state index contributed by atoms with van der Waals surface area (Å²) in [5.74, 6) is -0.217. The van der Waals surface area contributed by atoms with Crippen molar-refractivity contribution in [1.82, 2.24) is 4.98 Å². The number of rotatable bonds is 5. The average Bonchev–Trinajstić information content (AvgIpc) is 2.97. The minimum absolute atomic E-state index is 0.217. The van der Waals surface area contributed by atoms with E-state index in [0.717, 1.165) is 28.6 Å². The first-order valence-electron chi connectivity index (χ1n) is 7.34. The molecule has 1 N–H and O–H groups in total. The van der Waals surface area contributed by atoms with Gasteiger partial charge in [-0.3, -0.25) is 0 Å². The molecule has 0 unspecified atom stereocenters.